The van der Waals surface area contributed by atoms with Crippen molar-refractivity contribution < 1.29 is 13.2 Å². The molecule has 2 N–H and O–H groups in total. The molecule has 0 saturated carbocycles. The fourth-order valence-corrected chi connectivity index (χ4v) is 3.62. The summed E-state index contributed by atoms with van der Waals surface area (Å²) in [5.41, 5.74) is 2.04. The first kappa shape index (κ1) is 17.9. The molecule has 3 aromatic carbocycles. The van der Waals surface area contributed by atoms with Crippen molar-refractivity contribution in [3.05, 3.63) is 72.3 Å². The monoisotopic (exact) mass is 368 g/mol. The van der Waals surface area contributed by atoms with Crippen LogP contribution in [-0.2, 0) is 20.4 Å². The van der Waals surface area contributed by atoms with Gasteiger partial charge in [-0.15, -0.1) is 0 Å². The van der Waals surface area contributed by atoms with Crippen molar-refractivity contribution in [2.45, 2.75) is 5.75 Å². The number of carbonyl (C=O) groups is 1. The van der Waals surface area contributed by atoms with Crippen LogP contribution in [0.5, 0.6) is 0 Å². The molecule has 0 aliphatic heterocycles. The van der Waals surface area contributed by atoms with Crippen molar-refractivity contribution >= 4 is 37.9 Å². The number of anilines is 2. The predicted molar refractivity (Wildman–Crippen MR) is 106 cm³/mol. The number of carbonyl (C=O) groups excluding carboxylic acids is 1. The van der Waals surface area contributed by atoms with Gasteiger partial charge in [-0.05, 0) is 23.1 Å². The summed E-state index contributed by atoms with van der Waals surface area (Å²) in [4.78, 5) is 12.3. The highest BCUT2D eigenvalue weighted by Gasteiger charge is 2.10. The van der Waals surface area contributed by atoms with E-state index in [4.69, 9.17) is 0 Å². The SMILES string of the molecule is CS(=O)(=O)Cc1ccccc1NCC(=O)Nc1cccc2ccccc12. The van der Waals surface area contributed by atoms with E-state index in [2.05, 4.69) is 10.6 Å². The first-order valence-electron chi connectivity index (χ1n) is 8.19. The van der Waals surface area contributed by atoms with Gasteiger partial charge in [-0.2, -0.15) is 0 Å². The summed E-state index contributed by atoms with van der Waals surface area (Å²) in [6.07, 6.45) is 1.19. The Balaban J connectivity index is 1.70. The highest BCUT2D eigenvalue weighted by molar-refractivity contribution is 7.89. The van der Waals surface area contributed by atoms with Crippen LogP contribution in [0.25, 0.3) is 10.8 Å². The van der Waals surface area contributed by atoms with Crippen LogP contribution in [0, 0.1) is 0 Å². The van der Waals surface area contributed by atoms with Crippen LogP contribution in [0.2, 0.25) is 0 Å². The molecule has 3 rings (SSSR count). The maximum atomic E-state index is 12.3. The summed E-state index contributed by atoms with van der Waals surface area (Å²) in [6.45, 7) is 0.0456. The van der Waals surface area contributed by atoms with Gasteiger partial charge in [-0.25, -0.2) is 8.42 Å². The predicted octanol–water partition coefficient (Wildman–Crippen LogP) is 3.44. The summed E-state index contributed by atoms with van der Waals surface area (Å²) in [5, 5.41) is 7.96. The molecular weight excluding hydrogens is 348 g/mol. The standard InChI is InChI=1S/C20H20N2O3S/c1-26(24,25)14-16-8-3-5-11-18(16)21-13-20(23)22-19-12-6-9-15-7-2-4-10-17(15)19/h2-12,21H,13-14H2,1H3,(H,22,23). The topological polar surface area (TPSA) is 75.3 Å². The Hall–Kier alpha value is -2.86. The Labute approximate surface area is 153 Å². The summed E-state index contributed by atoms with van der Waals surface area (Å²) < 4.78 is 23.1. The summed E-state index contributed by atoms with van der Waals surface area (Å²) in [7, 11) is -3.15. The Morgan fingerprint density at radius 2 is 1.54 bits per heavy atom. The van der Waals surface area contributed by atoms with Crippen molar-refractivity contribution in [3.8, 4) is 0 Å². The van der Waals surface area contributed by atoms with E-state index >= 15 is 0 Å². The van der Waals surface area contributed by atoms with Gasteiger partial charge in [-0.3, -0.25) is 4.79 Å². The lowest BCUT2D eigenvalue weighted by Gasteiger charge is -2.12. The Bertz CT molecular complexity index is 1040. The molecule has 0 aromatic heterocycles. The highest BCUT2D eigenvalue weighted by atomic mass is 32.2. The highest BCUT2D eigenvalue weighted by Crippen LogP contribution is 2.23. The zero-order valence-corrected chi connectivity index (χ0v) is 15.2. The Kier molecular flexibility index (Phi) is 5.23. The van der Waals surface area contributed by atoms with E-state index in [9.17, 15) is 13.2 Å². The van der Waals surface area contributed by atoms with Crippen LogP contribution in [-0.4, -0.2) is 27.1 Å². The second-order valence-electron chi connectivity index (χ2n) is 6.16. The van der Waals surface area contributed by atoms with Gasteiger partial charge >= 0.3 is 0 Å². The van der Waals surface area contributed by atoms with Gasteiger partial charge in [0.25, 0.3) is 0 Å². The normalized spacial score (nSPS) is 11.3. The van der Waals surface area contributed by atoms with E-state index in [1.54, 1.807) is 24.3 Å². The molecule has 0 spiro atoms. The largest absolute Gasteiger partial charge is 0.376 e. The Morgan fingerprint density at radius 3 is 2.35 bits per heavy atom. The fraction of sp³-hybridized carbons (Fsp3) is 0.150. The number of fused-ring (bicyclic) bond motifs is 1. The second kappa shape index (κ2) is 7.58. The molecule has 0 aliphatic carbocycles. The van der Waals surface area contributed by atoms with Gasteiger partial charge in [0, 0.05) is 23.0 Å². The lowest BCUT2D eigenvalue weighted by atomic mass is 10.1. The first-order chi connectivity index (χ1) is 12.4. The fourth-order valence-electron chi connectivity index (χ4n) is 2.81. The molecule has 0 heterocycles. The molecule has 0 aliphatic rings. The molecule has 5 nitrogen and oxygen atoms in total. The molecule has 0 saturated heterocycles. The zero-order chi connectivity index (χ0) is 18.6. The van der Waals surface area contributed by atoms with Gasteiger partial charge in [0.1, 0.15) is 0 Å². The molecule has 0 unspecified atom stereocenters. The molecule has 26 heavy (non-hydrogen) atoms. The summed E-state index contributed by atoms with van der Waals surface area (Å²) >= 11 is 0. The number of hydrogen-bond acceptors (Lipinski definition) is 4. The first-order valence-corrected chi connectivity index (χ1v) is 10.3. The molecular formula is C20H20N2O3S. The molecule has 0 atom stereocenters. The smallest absolute Gasteiger partial charge is 0.243 e. The maximum Gasteiger partial charge on any atom is 0.243 e. The molecule has 6 heteroatoms. The van der Waals surface area contributed by atoms with E-state index in [0.29, 0.717) is 11.3 Å². The van der Waals surface area contributed by atoms with Crippen molar-refractivity contribution in [1.82, 2.24) is 0 Å². The lowest BCUT2D eigenvalue weighted by molar-refractivity contribution is -0.114. The van der Waals surface area contributed by atoms with E-state index in [-0.39, 0.29) is 18.2 Å². The van der Waals surface area contributed by atoms with Crippen LogP contribution < -0.4 is 10.6 Å². The number of nitrogens with one attached hydrogen (secondary N) is 2. The van der Waals surface area contributed by atoms with Gasteiger partial charge in [0.05, 0.1) is 12.3 Å². The lowest BCUT2D eigenvalue weighted by Crippen LogP contribution is -2.22. The minimum atomic E-state index is -3.15. The van der Waals surface area contributed by atoms with Gasteiger partial charge in [-0.1, -0.05) is 54.6 Å². The zero-order valence-electron chi connectivity index (χ0n) is 14.4. The third kappa shape index (κ3) is 4.61. The average Bonchev–Trinajstić information content (AvgIpc) is 2.60. The van der Waals surface area contributed by atoms with E-state index < -0.39 is 9.84 Å². The van der Waals surface area contributed by atoms with Gasteiger partial charge in [0.2, 0.25) is 5.91 Å². The summed E-state index contributed by atoms with van der Waals surface area (Å²) in [5.74, 6) is -0.267. The Morgan fingerprint density at radius 1 is 0.885 bits per heavy atom. The van der Waals surface area contributed by atoms with Crippen molar-refractivity contribution in [1.29, 1.82) is 0 Å². The van der Waals surface area contributed by atoms with E-state index in [1.165, 1.54) is 6.26 Å². The van der Waals surface area contributed by atoms with Gasteiger partial charge < -0.3 is 10.6 Å². The number of sulfone groups is 1. The van der Waals surface area contributed by atoms with E-state index in [0.717, 1.165) is 16.5 Å². The molecule has 0 fully saturated rings. The average molecular weight is 368 g/mol. The number of amides is 1. The van der Waals surface area contributed by atoms with Crippen molar-refractivity contribution in [2.75, 3.05) is 23.4 Å². The maximum absolute atomic E-state index is 12.3. The van der Waals surface area contributed by atoms with Gasteiger partial charge in [0.15, 0.2) is 9.84 Å². The second-order valence-corrected chi connectivity index (χ2v) is 8.30. The number of benzene rings is 3. The quantitative estimate of drug-likeness (QED) is 0.699. The number of para-hydroxylation sites is 1. The minimum Gasteiger partial charge on any atom is -0.376 e. The number of hydrogen-bond donors (Lipinski definition) is 2. The van der Waals surface area contributed by atoms with Crippen molar-refractivity contribution in [3.63, 3.8) is 0 Å². The van der Waals surface area contributed by atoms with Crippen molar-refractivity contribution in [2.24, 2.45) is 0 Å². The number of rotatable bonds is 6. The molecule has 0 bridgehead atoms. The molecule has 1 amide bonds. The third-order valence-electron chi connectivity index (χ3n) is 3.94. The minimum absolute atomic E-state index is 0.0456. The third-order valence-corrected chi connectivity index (χ3v) is 4.77. The van der Waals surface area contributed by atoms with Crippen LogP contribution >= 0.6 is 0 Å². The van der Waals surface area contributed by atoms with E-state index in [1.807, 2.05) is 42.5 Å². The molecule has 3 aromatic rings. The van der Waals surface area contributed by atoms with Crippen LogP contribution in [0.4, 0.5) is 11.4 Å². The molecule has 0 radical (unpaired) electrons. The van der Waals surface area contributed by atoms with Crippen LogP contribution in [0.1, 0.15) is 5.56 Å². The van der Waals surface area contributed by atoms with Crippen LogP contribution in [0.3, 0.4) is 0 Å². The van der Waals surface area contributed by atoms with Crippen LogP contribution in [0.15, 0.2) is 66.7 Å². The molecule has 134 valence electrons. The summed E-state index contributed by atoms with van der Waals surface area (Å²) in [6, 6.07) is 20.7.